The van der Waals surface area contributed by atoms with Crippen LogP contribution in [0.1, 0.15) is 23.5 Å². The molecule has 1 heterocycles. The average molecular weight is 440 g/mol. The van der Waals surface area contributed by atoms with E-state index in [0.717, 1.165) is 22.3 Å². The Hall–Kier alpha value is -3.43. The zero-order chi connectivity index (χ0) is 22.7. The van der Waals surface area contributed by atoms with Crippen molar-refractivity contribution < 1.29 is 34.1 Å². The van der Waals surface area contributed by atoms with Crippen LogP contribution in [-0.4, -0.2) is 66.2 Å². The summed E-state index contributed by atoms with van der Waals surface area (Å²) in [6.07, 6.45) is -2.96. The SMILES string of the molecule is O=C(NC1CCOC1C(=O)NC[C@H](O)C(=O)O)OCC1c2ccccc2-c2ccccc21. The number of benzene rings is 2. The number of amides is 2. The minimum Gasteiger partial charge on any atom is -0.479 e. The van der Waals surface area contributed by atoms with Crippen molar-refractivity contribution in [3.05, 3.63) is 59.7 Å². The molecule has 0 spiro atoms. The molecule has 9 heteroatoms. The van der Waals surface area contributed by atoms with Crippen LogP contribution < -0.4 is 10.6 Å². The summed E-state index contributed by atoms with van der Waals surface area (Å²) in [6, 6.07) is 15.4. The Kier molecular flexibility index (Phi) is 6.38. The van der Waals surface area contributed by atoms with Gasteiger partial charge in [-0.1, -0.05) is 48.5 Å². The number of hydrogen-bond donors (Lipinski definition) is 4. The van der Waals surface area contributed by atoms with E-state index >= 15 is 0 Å². The fourth-order valence-corrected chi connectivity index (χ4v) is 4.17. The molecule has 0 aromatic heterocycles. The van der Waals surface area contributed by atoms with Crippen LogP contribution in [0, 0.1) is 0 Å². The van der Waals surface area contributed by atoms with Gasteiger partial charge in [0.1, 0.15) is 6.61 Å². The van der Waals surface area contributed by atoms with E-state index in [1.165, 1.54) is 0 Å². The Morgan fingerprint density at radius 1 is 1.06 bits per heavy atom. The van der Waals surface area contributed by atoms with Crippen molar-refractivity contribution in [2.75, 3.05) is 19.8 Å². The second-order valence-corrected chi connectivity index (χ2v) is 7.76. The topological polar surface area (TPSA) is 134 Å². The van der Waals surface area contributed by atoms with Crippen LogP contribution >= 0.6 is 0 Å². The largest absolute Gasteiger partial charge is 0.479 e. The molecular weight excluding hydrogens is 416 g/mol. The number of rotatable bonds is 7. The molecule has 1 fully saturated rings. The highest BCUT2D eigenvalue weighted by Gasteiger charge is 2.36. The number of aliphatic hydroxyl groups is 1. The van der Waals surface area contributed by atoms with Crippen molar-refractivity contribution in [3.63, 3.8) is 0 Å². The van der Waals surface area contributed by atoms with Crippen molar-refractivity contribution in [3.8, 4) is 11.1 Å². The number of alkyl carbamates (subject to hydrolysis) is 1. The van der Waals surface area contributed by atoms with Crippen molar-refractivity contribution in [1.82, 2.24) is 10.6 Å². The first-order chi connectivity index (χ1) is 15.5. The highest BCUT2D eigenvalue weighted by molar-refractivity contribution is 5.84. The molecular formula is C23H24N2O7. The van der Waals surface area contributed by atoms with Gasteiger partial charge in [-0.25, -0.2) is 9.59 Å². The molecule has 1 aliphatic heterocycles. The number of fused-ring (bicyclic) bond motifs is 3. The van der Waals surface area contributed by atoms with Crippen molar-refractivity contribution in [2.24, 2.45) is 0 Å². The summed E-state index contributed by atoms with van der Waals surface area (Å²) >= 11 is 0. The molecule has 9 nitrogen and oxygen atoms in total. The van der Waals surface area contributed by atoms with Crippen molar-refractivity contribution >= 4 is 18.0 Å². The van der Waals surface area contributed by atoms with Crippen LogP contribution in [0.5, 0.6) is 0 Å². The van der Waals surface area contributed by atoms with Gasteiger partial charge in [-0.2, -0.15) is 0 Å². The van der Waals surface area contributed by atoms with Gasteiger partial charge >= 0.3 is 12.1 Å². The van der Waals surface area contributed by atoms with Crippen molar-refractivity contribution in [1.29, 1.82) is 0 Å². The maximum absolute atomic E-state index is 12.5. The normalized spacial score (nSPS) is 20.2. The Labute approximate surface area is 184 Å². The van der Waals surface area contributed by atoms with Gasteiger partial charge in [0.05, 0.1) is 12.6 Å². The second kappa shape index (κ2) is 9.37. The number of carbonyl (C=O) groups is 3. The molecule has 2 amide bonds. The number of aliphatic hydroxyl groups excluding tert-OH is 1. The van der Waals surface area contributed by atoms with Gasteiger partial charge < -0.3 is 30.3 Å². The van der Waals surface area contributed by atoms with Crippen LogP contribution in [-0.2, 0) is 19.1 Å². The average Bonchev–Trinajstić information content (AvgIpc) is 3.38. The predicted octanol–water partition coefficient (Wildman–Crippen LogP) is 1.24. The van der Waals surface area contributed by atoms with E-state index in [2.05, 4.69) is 22.8 Å². The molecule has 168 valence electrons. The maximum Gasteiger partial charge on any atom is 0.407 e. The minimum absolute atomic E-state index is 0.0791. The first-order valence-electron chi connectivity index (χ1n) is 10.4. The Balaban J connectivity index is 1.34. The highest BCUT2D eigenvalue weighted by atomic mass is 16.6. The van der Waals surface area contributed by atoms with Crippen LogP contribution in [0.4, 0.5) is 4.79 Å². The molecule has 32 heavy (non-hydrogen) atoms. The summed E-state index contributed by atoms with van der Waals surface area (Å²) in [5.74, 6) is -2.12. The molecule has 1 saturated heterocycles. The lowest BCUT2D eigenvalue weighted by molar-refractivity contribution is -0.146. The van der Waals surface area contributed by atoms with Gasteiger partial charge in [0.2, 0.25) is 0 Å². The molecule has 2 aromatic carbocycles. The van der Waals surface area contributed by atoms with E-state index in [1.807, 2.05) is 36.4 Å². The van der Waals surface area contributed by atoms with Gasteiger partial charge in [0.15, 0.2) is 12.2 Å². The molecule has 3 atom stereocenters. The lowest BCUT2D eigenvalue weighted by Crippen LogP contribution is -2.50. The highest BCUT2D eigenvalue weighted by Crippen LogP contribution is 2.44. The first-order valence-corrected chi connectivity index (χ1v) is 10.4. The lowest BCUT2D eigenvalue weighted by atomic mass is 9.98. The third-order valence-electron chi connectivity index (χ3n) is 5.75. The summed E-state index contributed by atoms with van der Waals surface area (Å²) in [6.45, 7) is -0.0469. The van der Waals surface area contributed by atoms with Gasteiger partial charge in [-0.3, -0.25) is 4.79 Å². The Bertz CT molecular complexity index is 979. The summed E-state index contributed by atoms with van der Waals surface area (Å²) in [7, 11) is 0. The number of carboxylic acid groups (broad SMARTS) is 1. The summed E-state index contributed by atoms with van der Waals surface area (Å²) in [5.41, 5.74) is 4.45. The quantitative estimate of drug-likeness (QED) is 0.509. The standard InChI is InChI=1S/C23H24N2O7/c26-19(22(28)29)11-24-21(27)20-18(9-10-31-20)25-23(30)32-12-17-15-7-3-1-5-13(15)14-6-2-4-8-16(14)17/h1-8,17-20,26H,9-12H2,(H,24,27)(H,25,30)(H,28,29)/t18?,19-,20?/m0/s1. The summed E-state index contributed by atoms with van der Waals surface area (Å²) in [4.78, 5) is 35.4. The number of aliphatic carboxylic acids is 1. The third-order valence-corrected chi connectivity index (χ3v) is 5.75. The Morgan fingerprint density at radius 3 is 2.31 bits per heavy atom. The molecule has 2 unspecified atom stereocenters. The number of hydrogen-bond acceptors (Lipinski definition) is 6. The van der Waals surface area contributed by atoms with E-state index in [-0.39, 0.29) is 19.1 Å². The zero-order valence-corrected chi connectivity index (χ0v) is 17.2. The zero-order valence-electron chi connectivity index (χ0n) is 17.2. The number of nitrogens with one attached hydrogen (secondary N) is 2. The molecule has 0 bridgehead atoms. The molecule has 0 radical (unpaired) electrons. The fourth-order valence-electron chi connectivity index (χ4n) is 4.17. The predicted molar refractivity (Wildman–Crippen MR) is 113 cm³/mol. The van der Waals surface area contributed by atoms with Gasteiger partial charge in [0, 0.05) is 12.5 Å². The molecule has 1 aliphatic carbocycles. The molecule has 4 rings (SSSR count). The van der Waals surface area contributed by atoms with Gasteiger partial charge in [0.25, 0.3) is 5.91 Å². The van der Waals surface area contributed by atoms with Crippen molar-refractivity contribution in [2.45, 2.75) is 30.6 Å². The maximum atomic E-state index is 12.5. The Morgan fingerprint density at radius 2 is 1.69 bits per heavy atom. The van der Waals surface area contributed by atoms with Gasteiger partial charge in [-0.15, -0.1) is 0 Å². The first kappa shape index (κ1) is 21.8. The summed E-state index contributed by atoms with van der Waals surface area (Å²) in [5, 5.41) is 23.0. The van der Waals surface area contributed by atoms with E-state index < -0.39 is 42.8 Å². The van der Waals surface area contributed by atoms with E-state index in [1.54, 1.807) is 0 Å². The second-order valence-electron chi connectivity index (χ2n) is 7.76. The fraction of sp³-hybridized carbons (Fsp3) is 0.348. The van der Waals surface area contributed by atoms with Gasteiger partial charge in [-0.05, 0) is 28.7 Å². The molecule has 0 saturated carbocycles. The smallest absolute Gasteiger partial charge is 0.407 e. The minimum atomic E-state index is -1.71. The number of ether oxygens (including phenoxy) is 2. The van der Waals surface area contributed by atoms with Crippen LogP contribution in [0.15, 0.2) is 48.5 Å². The number of carbonyl (C=O) groups excluding carboxylic acids is 2. The third kappa shape index (κ3) is 4.44. The molecule has 4 N–H and O–H groups in total. The molecule has 2 aliphatic rings. The lowest BCUT2D eigenvalue weighted by Gasteiger charge is -2.20. The van der Waals surface area contributed by atoms with Crippen LogP contribution in [0.25, 0.3) is 11.1 Å². The van der Waals surface area contributed by atoms with E-state index in [9.17, 15) is 19.5 Å². The van der Waals surface area contributed by atoms with Crippen LogP contribution in [0.3, 0.4) is 0 Å². The number of carboxylic acids is 1. The van der Waals surface area contributed by atoms with Crippen LogP contribution in [0.2, 0.25) is 0 Å². The summed E-state index contributed by atoms with van der Waals surface area (Å²) < 4.78 is 10.9. The monoisotopic (exact) mass is 440 g/mol. The van der Waals surface area contributed by atoms with E-state index in [0.29, 0.717) is 6.42 Å². The molecule has 2 aromatic rings. The van der Waals surface area contributed by atoms with E-state index in [4.69, 9.17) is 14.6 Å².